The van der Waals surface area contributed by atoms with Gasteiger partial charge in [0.15, 0.2) is 0 Å². The molecule has 0 radical (unpaired) electrons. The van der Waals surface area contributed by atoms with Crippen LogP contribution in [0.15, 0.2) is 30.9 Å². The average molecular weight is 316 g/mol. The van der Waals surface area contributed by atoms with E-state index < -0.39 is 0 Å². The van der Waals surface area contributed by atoms with E-state index in [1.165, 1.54) is 0 Å². The van der Waals surface area contributed by atoms with E-state index in [-0.39, 0.29) is 36.6 Å². The first kappa shape index (κ1) is 18.8. The first-order valence-corrected chi connectivity index (χ1v) is 6.07. The number of halogens is 2. The topological polar surface area (TPSA) is 59.3 Å². The van der Waals surface area contributed by atoms with Gasteiger partial charge in [-0.2, -0.15) is 5.26 Å². The summed E-state index contributed by atoms with van der Waals surface area (Å²) in [7, 11) is 0. The van der Waals surface area contributed by atoms with Crippen LogP contribution in [0.1, 0.15) is 17.2 Å². The predicted octanol–water partition coefficient (Wildman–Crippen LogP) is 2.24. The number of nitrogens with zero attached hydrogens (tertiary/aromatic N) is 2. The highest BCUT2D eigenvalue weighted by Gasteiger charge is 2.22. The van der Waals surface area contributed by atoms with Crippen LogP contribution in [0, 0.1) is 11.3 Å². The highest BCUT2D eigenvalue weighted by molar-refractivity contribution is 5.85. The van der Waals surface area contributed by atoms with Crippen LogP contribution in [0.25, 0.3) is 0 Å². The third-order valence-electron chi connectivity index (χ3n) is 3.27. The Morgan fingerprint density at radius 3 is 2.55 bits per heavy atom. The van der Waals surface area contributed by atoms with Crippen molar-refractivity contribution >= 4 is 24.8 Å². The minimum absolute atomic E-state index is 0. The van der Waals surface area contributed by atoms with Gasteiger partial charge in [-0.3, -0.25) is 4.90 Å². The van der Waals surface area contributed by atoms with E-state index in [0.717, 1.165) is 31.7 Å². The van der Waals surface area contributed by atoms with E-state index in [1.54, 1.807) is 12.1 Å². The Bertz CT molecular complexity index is 482. The normalized spacial score (nSPS) is 16.1. The lowest BCUT2D eigenvalue weighted by molar-refractivity contribution is 0.201. The van der Waals surface area contributed by atoms with Crippen molar-refractivity contribution in [3.05, 3.63) is 42.0 Å². The van der Waals surface area contributed by atoms with Crippen LogP contribution in [0.5, 0.6) is 5.75 Å². The summed E-state index contributed by atoms with van der Waals surface area (Å²) >= 11 is 0. The molecular weight excluding hydrogens is 297 g/mol. The van der Waals surface area contributed by atoms with E-state index in [4.69, 9.17) is 5.26 Å². The fourth-order valence-electron chi connectivity index (χ4n) is 2.32. The molecule has 1 aliphatic rings. The zero-order chi connectivity index (χ0) is 13.0. The number of aromatic hydroxyl groups is 1. The number of hydrogen-bond donors (Lipinski definition) is 2. The van der Waals surface area contributed by atoms with Crippen molar-refractivity contribution in [1.29, 1.82) is 5.26 Å². The van der Waals surface area contributed by atoms with Gasteiger partial charge in [-0.05, 0) is 6.07 Å². The lowest BCUT2D eigenvalue weighted by Gasteiger charge is -2.33. The van der Waals surface area contributed by atoms with E-state index in [2.05, 4.69) is 16.8 Å². The third kappa shape index (κ3) is 3.87. The predicted molar refractivity (Wildman–Crippen MR) is 84.7 cm³/mol. The first-order chi connectivity index (χ1) is 8.77. The molecule has 20 heavy (non-hydrogen) atoms. The van der Waals surface area contributed by atoms with Crippen LogP contribution in [-0.4, -0.2) is 36.2 Å². The Morgan fingerprint density at radius 1 is 1.35 bits per heavy atom. The molecule has 0 bridgehead atoms. The van der Waals surface area contributed by atoms with Crippen molar-refractivity contribution in [3.8, 4) is 11.8 Å². The van der Waals surface area contributed by atoms with Crippen LogP contribution in [0.3, 0.4) is 0 Å². The van der Waals surface area contributed by atoms with E-state index in [9.17, 15) is 5.11 Å². The maximum atomic E-state index is 10.1. The minimum Gasteiger partial charge on any atom is -0.506 e. The number of phenolic OH excluding ortho intramolecular Hbond substituents is 1. The Balaban J connectivity index is 0.00000180. The Hall–Kier alpha value is -1.25. The molecule has 2 rings (SSSR count). The molecular formula is C14H19Cl2N3O. The number of phenols is 1. The fraction of sp³-hybridized carbons (Fsp3) is 0.357. The number of benzene rings is 1. The van der Waals surface area contributed by atoms with Gasteiger partial charge in [0.2, 0.25) is 0 Å². The standard InChI is InChI=1S/C14H17N3O.2ClH/c1-2-13(17-8-6-16-7-9-17)12-5-3-4-11(10-15)14(12)18;;/h2-5,13,16,18H,1,6-9H2;2*1H/t13-;;/m1../s1. The Kier molecular flexibility index (Phi) is 8.28. The van der Waals surface area contributed by atoms with Crippen LogP contribution in [0.4, 0.5) is 0 Å². The third-order valence-corrected chi connectivity index (χ3v) is 3.27. The zero-order valence-electron chi connectivity index (χ0n) is 11.1. The van der Waals surface area contributed by atoms with E-state index in [1.807, 2.05) is 18.2 Å². The molecule has 1 aromatic carbocycles. The Labute approximate surface area is 131 Å². The van der Waals surface area contributed by atoms with Gasteiger partial charge in [-0.15, -0.1) is 31.4 Å². The fourth-order valence-corrected chi connectivity index (χ4v) is 2.32. The smallest absolute Gasteiger partial charge is 0.138 e. The number of nitrogens with one attached hydrogen (secondary N) is 1. The van der Waals surface area contributed by atoms with Gasteiger partial charge >= 0.3 is 0 Å². The van der Waals surface area contributed by atoms with Gasteiger partial charge < -0.3 is 10.4 Å². The summed E-state index contributed by atoms with van der Waals surface area (Å²) in [5, 5.41) is 22.3. The summed E-state index contributed by atoms with van der Waals surface area (Å²) in [4.78, 5) is 2.25. The highest BCUT2D eigenvalue weighted by Crippen LogP contribution is 2.31. The molecule has 0 unspecified atom stereocenters. The van der Waals surface area contributed by atoms with Crippen molar-refractivity contribution < 1.29 is 5.11 Å². The quantitative estimate of drug-likeness (QED) is 0.840. The molecule has 0 aromatic heterocycles. The van der Waals surface area contributed by atoms with Crippen LogP contribution >= 0.6 is 24.8 Å². The molecule has 0 aliphatic carbocycles. The SMILES string of the molecule is C=C[C@H](c1cccc(C#N)c1O)N1CCNCC1.Cl.Cl. The van der Waals surface area contributed by atoms with Crippen molar-refractivity contribution in [2.45, 2.75) is 6.04 Å². The van der Waals surface area contributed by atoms with Crippen LogP contribution in [-0.2, 0) is 0 Å². The summed E-state index contributed by atoms with van der Waals surface area (Å²) in [6, 6.07) is 7.23. The average Bonchev–Trinajstić information content (AvgIpc) is 2.43. The number of nitriles is 1. The van der Waals surface area contributed by atoms with Crippen LogP contribution in [0.2, 0.25) is 0 Å². The monoisotopic (exact) mass is 315 g/mol. The zero-order valence-corrected chi connectivity index (χ0v) is 12.7. The lowest BCUT2D eigenvalue weighted by Crippen LogP contribution is -2.44. The van der Waals surface area contributed by atoms with Crippen molar-refractivity contribution in [3.63, 3.8) is 0 Å². The number of rotatable bonds is 3. The second-order valence-corrected chi connectivity index (χ2v) is 4.32. The van der Waals surface area contributed by atoms with Gasteiger partial charge in [0.25, 0.3) is 0 Å². The van der Waals surface area contributed by atoms with Crippen molar-refractivity contribution in [2.24, 2.45) is 0 Å². The van der Waals surface area contributed by atoms with E-state index >= 15 is 0 Å². The molecule has 1 fully saturated rings. The molecule has 4 nitrogen and oxygen atoms in total. The molecule has 0 saturated carbocycles. The summed E-state index contributed by atoms with van der Waals surface area (Å²) in [6.45, 7) is 7.54. The molecule has 1 aliphatic heterocycles. The molecule has 0 spiro atoms. The van der Waals surface area contributed by atoms with Gasteiger partial charge in [0.1, 0.15) is 11.8 Å². The minimum atomic E-state index is -0.0413. The molecule has 110 valence electrons. The van der Waals surface area contributed by atoms with Crippen LogP contribution < -0.4 is 5.32 Å². The molecule has 1 atom stereocenters. The van der Waals surface area contributed by atoms with Gasteiger partial charge in [0.05, 0.1) is 11.6 Å². The highest BCUT2D eigenvalue weighted by atomic mass is 35.5. The number of para-hydroxylation sites is 1. The summed E-state index contributed by atoms with van der Waals surface area (Å²) in [6.07, 6.45) is 1.82. The van der Waals surface area contributed by atoms with Crippen molar-refractivity contribution in [2.75, 3.05) is 26.2 Å². The molecule has 1 aromatic rings. The summed E-state index contributed by atoms with van der Waals surface area (Å²) in [5.74, 6) is 0.0726. The van der Waals surface area contributed by atoms with E-state index in [0.29, 0.717) is 5.56 Å². The molecule has 1 saturated heterocycles. The molecule has 1 heterocycles. The summed E-state index contributed by atoms with van der Waals surface area (Å²) in [5.41, 5.74) is 1.07. The number of piperazine rings is 1. The molecule has 2 N–H and O–H groups in total. The lowest BCUT2D eigenvalue weighted by atomic mass is 10.0. The molecule has 0 amide bonds. The van der Waals surface area contributed by atoms with Gasteiger partial charge in [0, 0.05) is 31.7 Å². The maximum absolute atomic E-state index is 10.1. The first-order valence-electron chi connectivity index (χ1n) is 6.07. The maximum Gasteiger partial charge on any atom is 0.138 e. The largest absolute Gasteiger partial charge is 0.506 e. The summed E-state index contributed by atoms with van der Waals surface area (Å²) < 4.78 is 0. The van der Waals surface area contributed by atoms with Gasteiger partial charge in [-0.25, -0.2) is 0 Å². The van der Waals surface area contributed by atoms with Gasteiger partial charge in [-0.1, -0.05) is 18.2 Å². The second-order valence-electron chi connectivity index (χ2n) is 4.32. The van der Waals surface area contributed by atoms with Crippen molar-refractivity contribution in [1.82, 2.24) is 10.2 Å². The Morgan fingerprint density at radius 2 is 2.00 bits per heavy atom. The number of hydrogen-bond acceptors (Lipinski definition) is 4. The molecule has 6 heteroatoms. The second kappa shape index (κ2) is 8.83.